The van der Waals surface area contributed by atoms with Crippen LogP contribution >= 0.6 is 33.4 Å². The minimum atomic E-state index is -3.39. The maximum atomic E-state index is 13.0. The number of halogens is 1. The number of benzene rings is 5. The van der Waals surface area contributed by atoms with Gasteiger partial charge < -0.3 is 43.0 Å². The van der Waals surface area contributed by atoms with Crippen molar-refractivity contribution in [2.45, 2.75) is 113 Å². The third kappa shape index (κ3) is 21.1. The molecule has 2 saturated heterocycles. The zero-order valence-corrected chi connectivity index (χ0v) is 63.7. The Balaban J connectivity index is 0.000000195. The van der Waals surface area contributed by atoms with Crippen LogP contribution in [0.3, 0.4) is 0 Å². The summed E-state index contributed by atoms with van der Waals surface area (Å²) < 4.78 is 46.4. The molecule has 5 aromatic carbocycles. The zero-order chi connectivity index (χ0) is 74.5. The Morgan fingerprint density at radius 2 is 0.893 bits per heavy atom. The number of aliphatic hydroxyl groups is 1. The zero-order valence-electron chi connectivity index (χ0n) is 57.6. The number of carbonyl (C=O) groups is 2. The van der Waals surface area contributed by atoms with Crippen LogP contribution in [0.2, 0.25) is 0 Å². The normalized spacial score (nSPS) is 15.9. The van der Waals surface area contributed by atoms with E-state index in [2.05, 4.69) is 66.5 Å². The molecular formula is C68H76ClN20NaO9S4. The summed E-state index contributed by atoms with van der Waals surface area (Å²) in [7, 11) is -2.08. The number of nitrogens with one attached hydrogen (secondary N) is 1. The Labute approximate surface area is 630 Å². The number of nitrogens with two attached hydrogens (primary N) is 2. The molecule has 29 nitrogen and oxygen atoms in total. The average molecular weight is 1500 g/mol. The Bertz CT molecular complexity index is 4740. The summed E-state index contributed by atoms with van der Waals surface area (Å²) >= 11 is 2.31. The molecule has 6 heterocycles. The molecular weight excluding hydrogens is 1430 g/mol. The molecule has 5 aliphatic rings. The number of likely N-dealkylation sites (tertiary alicyclic amines) is 1. The molecule has 3 saturated carbocycles. The van der Waals surface area contributed by atoms with Gasteiger partial charge in [0.05, 0.1) is 52.0 Å². The van der Waals surface area contributed by atoms with Gasteiger partial charge in [-0.1, -0.05) is 173 Å². The number of carboxylic acid groups (broad SMARTS) is 1. The van der Waals surface area contributed by atoms with Crippen LogP contribution in [0.4, 0.5) is 11.4 Å². The number of fused-ring (bicyclic) bond motifs is 2. The second kappa shape index (κ2) is 36.9. The van der Waals surface area contributed by atoms with E-state index < -0.39 is 41.9 Å². The van der Waals surface area contributed by atoms with Crippen molar-refractivity contribution in [3.8, 4) is 0 Å². The summed E-state index contributed by atoms with van der Waals surface area (Å²) in [6, 6.07) is 48.9. The molecule has 2 aliphatic heterocycles. The second-order valence-electron chi connectivity index (χ2n) is 24.6. The van der Waals surface area contributed by atoms with E-state index in [9.17, 15) is 31.5 Å². The van der Waals surface area contributed by atoms with Gasteiger partial charge in [-0.3, -0.25) is 13.9 Å². The largest absolute Gasteiger partial charge is 1.00 e. The number of anilines is 2. The molecule has 1 amide bonds. The second-order valence-corrected chi connectivity index (χ2v) is 31.2. The minimum absolute atomic E-state index is 0. The van der Waals surface area contributed by atoms with Crippen LogP contribution in [0.15, 0.2) is 167 Å². The fraction of sp³-hybridized carbons (Fsp3) is 0.353. The maximum absolute atomic E-state index is 13.0. The van der Waals surface area contributed by atoms with Gasteiger partial charge in [0.1, 0.15) is 30.6 Å². The summed E-state index contributed by atoms with van der Waals surface area (Å²) in [5, 5.41) is 51.3. The van der Waals surface area contributed by atoms with Crippen LogP contribution in [0.1, 0.15) is 127 Å². The molecule has 103 heavy (non-hydrogen) atoms. The molecule has 5 fully saturated rings. The minimum Gasteiger partial charge on any atom is -0.477 e. The van der Waals surface area contributed by atoms with Crippen molar-refractivity contribution >= 4 is 96.2 Å². The van der Waals surface area contributed by atoms with E-state index in [0.29, 0.717) is 38.7 Å². The van der Waals surface area contributed by atoms with Crippen LogP contribution in [0, 0.1) is 27.7 Å². The summed E-state index contributed by atoms with van der Waals surface area (Å²) in [5.41, 5.74) is 58.4. The molecule has 3 aliphatic carbocycles. The standard InChI is InChI=1S/C18H17N7OS.C11H14O3S.C10H11N3.C10H12O.C9H10N4.C9H9N3O2S.CH3ClO2S.N3.Na/c1-10-11(2)21-22-16-13(10)14(19)15(27-16)17(26)25-8-18(9-25,23-24-20)12-6-4-3-5-7-12;1-15(12,13)14-11(8-5-9-11)10-6-3-2-4-7-10;11-13-12-10(7-4-8-10)9-5-2-1-3-6-9;11-10(7-4-8-10)9-5-2-1-3-6-9;10-13-12-9(6-11-7-9)8-4-2-1-3-5-8;1-3-4(2)11-12-8-5(3)6(10)7(15-8)9(13)14;1-5(2,3)4;1-3-2;/h3-7H,8-9,19H2,1-2H3;2-4,6-7H,5,8-9H2,1H3;1-3,5-6H,4,7-8H2;1-3,5-6,11H,4,7-8H2;1-5,11H,6-7H2;10H2,1-2H3,(H,13,14);1H3;;/q;;;;;;;-1;+1. The van der Waals surface area contributed by atoms with E-state index >= 15 is 0 Å². The first-order valence-electron chi connectivity index (χ1n) is 31.7. The first-order chi connectivity index (χ1) is 48.5. The summed E-state index contributed by atoms with van der Waals surface area (Å²) in [5.74, 6) is -1.19. The smallest absolute Gasteiger partial charge is 0.477 e. The van der Waals surface area contributed by atoms with Gasteiger partial charge in [0.25, 0.3) is 16.0 Å². The van der Waals surface area contributed by atoms with E-state index in [0.717, 1.165) is 150 Å². The van der Waals surface area contributed by atoms with Crippen molar-refractivity contribution in [2.75, 3.05) is 50.2 Å². The van der Waals surface area contributed by atoms with Crippen LogP contribution in [0.25, 0.3) is 67.7 Å². The third-order valence-electron chi connectivity index (χ3n) is 17.8. The summed E-state index contributed by atoms with van der Waals surface area (Å²) in [6.07, 6.45) is 10.8. The van der Waals surface area contributed by atoms with Gasteiger partial charge in [-0.05, 0) is 135 Å². The van der Waals surface area contributed by atoms with Gasteiger partial charge in [0.15, 0.2) is 0 Å². The Morgan fingerprint density at radius 3 is 1.22 bits per heavy atom. The topological polar surface area (TPSA) is 476 Å². The molecule has 0 radical (unpaired) electrons. The molecule has 0 unspecified atom stereocenters. The number of carbonyl (C=O) groups excluding carboxylic acids is 1. The number of carboxylic acids is 1. The Kier molecular flexibility index (Phi) is 29.8. The van der Waals surface area contributed by atoms with E-state index in [4.69, 9.17) is 48.4 Å². The number of aromatic nitrogens is 4. The van der Waals surface area contributed by atoms with Gasteiger partial charge in [-0.2, -0.15) is 18.6 Å². The Hall–Kier alpha value is -8.97. The quantitative estimate of drug-likeness (QED) is 0.0189. The number of aryl methyl sites for hydroxylation is 4. The molecule has 0 bridgehead atoms. The van der Waals surface area contributed by atoms with Crippen LogP contribution < -0.4 is 46.3 Å². The molecule has 4 aromatic heterocycles. The molecule has 534 valence electrons. The number of hydrogen-bond acceptors (Lipinski definition) is 20. The molecule has 9 aromatic rings. The Morgan fingerprint density at radius 1 is 0.553 bits per heavy atom. The number of rotatable bonds is 12. The van der Waals surface area contributed by atoms with Crippen LogP contribution in [-0.4, -0.2) is 103 Å². The first-order valence-corrected chi connectivity index (χ1v) is 37.9. The molecule has 35 heteroatoms. The maximum Gasteiger partial charge on any atom is 1.00 e. The monoisotopic (exact) mass is 1500 g/mol. The number of hydrogen-bond donors (Lipinski definition) is 5. The SMILES string of the molecule is CS(=O)(=O)Cl.CS(=O)(=O)OC1(c2ccccc2)CCC1.Cc1nnc2sc(C(=O)N3CC(N=[N+]=[N-])(c4ccccc4)C3)c(N)c2c1C.Cc1nnc2sc(C(=O)O)c(N)c2c1C.OC1(c2ccccc2)CCC1.[N-]=[N+]=NC1(c2ccccc2)CCC1.[N-]=[N+]=NC1(c2ccccc2)CNC1.[N-]=[N+]=[N-].[Na+]. The average Bonchev–Trinajstić information content (AvgIpc) is 1.72. The van der Waals surface area contributed by atoms with Crippen molar-refractivity contribution < 1.29 is 70.4 Å². The predicted molar refractivity (Wildman–Crippen MR) is 397 cm³/mol. The first kappa shape index (κ1) is 83.0. The van der Waals surface area contributed by atoms with Crippen molar-refractivity contribution in [1.29, 1.82) is 0 Å². The number of nitrogen functional groups attached to an aromatic ring is 2. The van der Waals surface area contributed by atoms with Gasteiger partial charge in [0, 0.05) is 62.4 Å². The van der Waals surface area contributed by atoms with Crippen molar-refractivity contribution in [3.63, 3.8) is 0 Å². The van der Waals surface area contributed by atoms with Gasteiger partial charge >= 0.3 is 35.5 Å². The number of thiophene rings is 2. The number of azide groups is 3. The molecule has 0 atom stereocenters. The van der Waals surface area contributed by atoms with E-state index in [1.54, 1.807) is 4.90 Å². The van der Waals surface area contributed by atoms with Crippen molar-refractivity contribution in [2.24, 2.45) is 15.3 Å². The van der Waals surface area contributed by atoms with Crippen molar-refractivity contribution in [1.82, 2.24) is 30.6 Å². The molecule has 7 N–H and O–H groups in total. The summed E-state index contributed by atoms with van der Waals surface area (Å²) in [4.78, 5) is 37.7. The van der Waals surface area contributed by atoms with Crippen molar-refractivity contribution in [3.05, 3.63) is 259 Å². The van der Waals surface area contributed by atoms with Gasteiger partial charge in [-0.25, -0.2) is 13.2 Å². The van der Waals surface area contributed by atoms with Crippen LogP contribution in [-0.2, 0) is 51.2 Å². The molecule has 14 rings (SSSR count). The van der Waals surface area contributed by atoms with Crippen LogP contribution in [0.5, 0.6) is 0 Å². The fourth-order valence-corrected chi connectivity index (χ4v) is 14.5. The number of amides is 1. The summed E-state index contributed by atoms with van der Waals surface area (Å²) in [6.45, 7) is 9.58. The van der Waals surface area contributed by atoms with E-state index in [-0.39, 0.29) is 57.1 Å². The molecule has 0 spiro atoms. The van der Waals surface area contributed by atoms with Gasteiger partial charge in [0.2, 0.25) is 9.05 Å². The third-order valence-corrected chi connectivity index (χ3v) is 20.5. The van der Waals surface area contributed by atoms with E-state index in [1.807, 2.05) is 179 Å². The van der Waals surface area contributed by atoms with Gasteiger partial charge in [-0.15, -0.1) is 32.9 Å². The fourth-order valence-electron chi connectivity index (χ4n) is 11.6. The predicted octanol–water partition coefficient (Wildman–Crippen LogP) is 12.5. The number of aromatic carboxylic acids is 1. The van der Waals surface area contributed by atoms with E-state index in [1.165, 1.54) is 16.2 Å². The number of nitrogens with zero attached hydrogens (tertiary/aromatic N) is 17.